The van der Waals surface area contributed by atoms with E-state index >= 15 is 0 Å². The SMILES string of the molecule is O=CNCC(=O)NC(Cc1ccccc1)C(=O)C1CO1. The Kier molecular flexibility index (Phi) is 4.84. The van der Waals surface area contributed by atoms with Gasteiger partial charge in [0.15, 0.2) is 5.78 Å². The fraction of sp³-hybridized carbons (Fsp3) is 0.357. The van der Waals surface area contributed by atoms with Gasteiger partial charge in [0.05, 0.1) is 19.2 Å². The molecule has 1 saturated heterocycles. The van der Waals surface area contributed by atoms with Crippen LogP contribution in [0.4, 0.5) is 0 Å². The Bertz CT molecular complexity index is 485. The van der Waals surface area contributed by atoms with Crippen LogP contribution in [0.25, 0.3) is 0 Å². The van der Waals surface area contributed by atoms with Gasteiger partial charge in [-0.1, -0.05) is 30.3 Å². The van der Waals surface area contributed by atoms with Crippen LogP contribution >= 0.6 is 0 Å². The quantitative estimate of drug-likeness (QED) is 0.491. The number of Topliss-reactive ketones (excluding diaryl/α,β-unsaturated/α-hetero) is 1. The summed E-state index contributed by atoms with van der Waals surface area (Å²) in [7, 11) is 0. The molecule has 0 bridgehead atoms. The second kappa shape index (κ2) is 6.81. The Balaban J connectivity index is 1.98. The van der Waals surface area contributed by atoms with Crippen molar-refractivity contribution in [1.29, 1.82) is 0 Å². The highest BCUT2D eigenvalue weighted by molar-refractivity contribution is 5.94. The minimum Gasteiger partial charge on any atom is -0.365 e. The van der Waals surface area contributed by atoms with Gasteiger partial charge in [-0.2, -0.15) is 0 Å². The van der Waals surface area contributed by atoms with E-state index < -0.39 is 18.1 Å². The fourth-order valence-electron chi connectivity index (χ4n) is 1.89. The maximum Gasteiger partial charge on any atom is 0.239 e. The first-order valence-corrected chi connectivity index (χ1v) is 6.36. The van der Waals surface area contributed by atoms with Gasteiger partial charge in [-0.25, -0.2) is 0 Å². The lowest BCUT2D eigenvalue weighted by Gasteiger charge is -2.17. The monoisotopic (exact) mass is 276 g/mol. The molecule has 6 heteroatoms. The molecule has 0 aromatic heterocycles. The third-order valence-electron chi connectivity index (χ3n) is 2.96. The lowest BCUT2D eigenvalue weighted by molar-refractivity contribution is -0.128. The van der Waals surface area contributed by atoms with E-state index in [1.165, 1.54) is 0 Å². The van der Waals surface area contributed by atoms with Crippen molar-refractivity contribution in [3.63, 3.8) is 0 Å². The van der Waals surface area contributed by atoms with Crippen LogP contribution < -0.4 is 10.6 Å². The Hall–Kier alpha value is -2.21. The molecule has 2 rings (SSSR count). The molecule has 1 heterocycles. The highest BCUT2D eigenvalue weighted by Crippen LogP contribution is 2.15. The predicted octanol–water partition coefficient (Wildman–Crippen LogP) is -0.572. The van der Waals surface area contributed by atoms with Crippen LogP contribution in [-0.4, -0.2) is 43.4 Å². The van der Waals surface area contributed by atoms with E-state index in [-0.39, 0.29) is 12.3 Å². The first-order valence-electron chi connectivity index (χ1n) is 6.36. The molecule has 1 aliphatic rings. The number of ketones is 1. The number of amides is 2. The third-order valence-corrected chi connectivity index (χ3v) is 2.96. The average molecular weight is 276 g/mol. The number of benzene rings is 1. The summed E-state index contributed by atoms with van der Waals surface area (Å²) < 4.78 is 4.98. The molecule has 2 unspecified atom stereocenters. The van der Waals surface area contributed by atoms with Crippen molar-refractivity contribution >= 4 is 18.1 Å². The van der Waals surface area contributed by atoms with E-state index in [0.29, 0.717) is 19.4 Å². The van der Waals surface area contributed by atoms with Gasteiger partial charge in [0, 0.05) is 0 Å². The van der Waals surface area contributed by atoms with Gasteiger partial charge >= 0.3 is 0 Å². The van der Waals surface area contributed by atoms with Crippen molar-refractivity contribution in [2.24, 2.45) is 0 Å². The maximum atomic E-state index is 12.1. The Morgan fingerprint density at radius 1 is 1.35 bits per heavy atom. The van der Waals surface area contributed by atoms with Crippen molar-refractivity contribution in [3.05, 3.63) is 35.9 Å². The number of nitrogens with one attached hydrogen (secondary N) is 2. The summed E-state index contributed by atoms with van der Waals surface area (Å²) in [6.07, 6.45) is 0.437. The first kappa shape index (κ1) is 14.2. The Morgan fingerprint density at radius 3 is 2.65 bits per heavy atom. The molecule has 1 aromatic rings. The molecule has 6 nitrogen and oxygen atoms in total. The number of rotatable bonds is 8. The lowest BCUT2D eigenvalue weighted by Crippen LogP contribution is -2.47. The molecule has 1 aromatic carbocycles. The summed E-state index contributed by atoms with van der Waals surface area (Å²) in [4.78, 5) is 33.9. The smallest absolute Gasteiger partial charge is 0.239 e. The van der Waals surface area contributed by atoms with E-state index in [1.807, 2.05) is 30.3 Å². The zero-order valence-electron chi connectivity index (χ0n) is 10.9. The minimum absolute atomic E-state index is 0.131. The largest absolute Gasteiger partial charge is 0.365 e. The van der Waals surface area contributed by atoms with Crippen LogP contribution in [0.15, 0.2) is 30.3 Å². The lowest BCUT2D eigenvalue weighted by atomic mass is 10.0. The topological polar surface area (TPSA) is 87.8 Å². The second-order valence-electron chi connectivity index (χ2n) is 4.53. The van der Waals surface area contributed by atoms with Crippen LogP contribution in [0.1, 0.15) is 5.56 Å². The van der Waals surface area contributed by atoms with Crippen LogP contribution in [0, 0.1) is 0 Å². The third kappa shape index (κ3) is 4.17. The highest BCUT2D eigenvalue weighted by atomic mass is 16.6. The van der Waals surface area contributed by atoms with E-state index in [1.54, 1.807) is 0 Å². The number of hydrogen-bond acceptors (Lipinski definition) is 4. The zero-order valence-corrected chi connectivity index (χ0v) is 10.9. The summed E-state index contributed by atoms with van der Waals surface area (Å²) in [6.45, 7) is 0.264. The van der Waals surface area contributed by atoms with Gasteiger partial charge in [0.1, 0.15) is 6.10 Å². The zero-order chi connectivity index (χ0) is 14.4. The number of epoxide rings is 1. The standard InChI is InChI=1S/C14H16N2O4/c17-9-15-7-13(18)16-11(14(19)12-8-20-12)6-10-4-2-1-3-5-10/h1-5,9,11-12H,6-8H2,(H,15,17)(H,16,18). The summed E-state index contributed by atoms with van der Waals surface area (Å²) >= 11 is 0. The number of ether oxygens (including phenoxy) is 1. The highest BCUT2D eigenvalue weighted by Gasteiger charge is 2.36. The van der Waals surface area contributed by atoms with Crippen molar-refractivity contribution in [3.8, 4) is 0 Å². The number of carbonyl (C=O) groups excluding carboxylic acids is 3. The van der Waals surface area contributed by atoms with Crippen molar-refractivity contribution in [2.45, 2.75) is 18.6 Å². The molecule has 0 aliphatic carbocycles. The maximum absolute atomic E-state index is 12.1. The van der Waals surface area contributed by atoms with E-state index in [9.17, 15) is 14.4 Å². The summed E-state index contributed by atoms with van der Waals surface area (Å²) in [6, 6.07) is 8.79. The second-order valence-corrected chi connectivity index (χ2v) is 4.53. The minimum atomic E-state index is -0.633. The summed E-state index contributed by atoms with van der Waals surface area (Å²) in [5, 5.41) is 4.90. The summed E-state index contributed by atoms with van der Waals surface area (Å²) in [5.41, 5.74) is 0.954. The van der Waals surface area contributed by atoms with E-state index in [4.69, 9.17) is 4.74 Å². The van der Waals surface area contributed by atoms with Gasteiger partial charge in [-0.15, -0.1) is 0 Å². The first-order chi connectivity index (χ1) is 9.70. The Morgan fingerprint density at radius 2 is 2.05 bits per heavy atom. The molecule has 1 aliphatic heterocycles. The van der Waals surface area contributed by atoms with Crippen LogP contribution in [0.3, 0.4) is 0 Å². The normalized spacial score (nSPS) is 17.9. The van der Waals surface area contributed by atoms with Crippen molar-refractivity contribution in [1.82, 2.24) is 10.6 Å². The molecule has 0 radical (unpaired) electrons. The molecule has 20 heavy (non-hydrogen) atoms. The van der Waals surface area contributed by atoms with Crippen LogP contribution in [0.2, 0.25) is 0 Å². The molecule has 0 spiro atoms. The molecule has 0 saturated carbocycles. The van der Waals surface area contributed by atoms with Gasteiger partial charge < -0.3 is 15.4 Å². The predicted molar refractivity (Wildman–Crippen MR) is 70.9 cm³/mol. The molecule has 106 valence electrons. The van der Waals surface area contributed by atoms with E-state index in [2.05, 4.69) is 10.6 Å². The molecule has 1 fully saturated rings. The fourth-order valence-corrected chi connectivity index (χ4v) is 1.89. The van der Waals surface area contributed by atoms with Crippen LogP contribution in [-0.2, 0) is 25.5 Å². The molecule has 2 atom stereocenters. The number of carbonyl (C=O) groups is 3. The molecular formula is C14H16N2O4. The van der Waals surface area contributed by atoms with Gasteiger partial charge in [-0.05, 0) is 12.0 Å². The van der Waals surface area contributed by atoms with Gasteiger partial charge in [0.2, 0.25) is 12.3 Å². The van der Waals surface area contributed by atoms with Gasteiger partial charge in [-0.3, -0.25) is 14.4 Å². The molecular weight excluding hydrogens is 260 g/mol. The van der Waals surface area contributed by atoms with Crippen molar-refractivity contribution in [2.75, 3.05) is 13.2 Å². The van der Waals surface area contributed by atoms with Crippen molar-refractivity contribution < 1.29 is 19.1 Å². The number of hydrogen-bond donors (Lipinski definition) is 2. The summed E-state index contributed by atoms with van der Waals surface area (Å²) in [5.74, 6) is -0.527. The average Bonchev–Trinajstić information content (AvgIpc) is 3.29. The molecule has 2 N–H and O–H groups in total. The molecule has 2 amide bonds. The van der Waals surface area contributed by atoms with Crippen LogP contribution in [0.5, 0.6) is 0 Å². The Labute approximate surface area is 116 Å². The van der Waals surface area contributed by atoms with Gasteiger partial charge in [0.25, 0.3) is 0 Å². The van der Waals surface area contributed by atoms with E-state index in [0.717, 1.165) is 5.56 Å².